The number of halogens is 1. The molecule has 0 amide bonds. The molecule has 2 nitrogen and oxygen atoms in total. The van der Waals surface area contributed by atoms with Gasteiger partial charge in [0.2, 0.25) is 0 Å². The molecule has 1 aliphatic carbocycles. The lowest BCUT2D eigenvalue weighted by atomic mass is 10.2. The first kappa shape index (κ1) is 13.7. The van der Waals surface area contributed by atoms with E-state index < -0.39 is 0 Å². The smallest absolute Gasteiger partial charge is 0.131 e. The molecule has 1 saturated carbocycles. The van der Waals surface area contributed by atoms with Gasteiger partial charge in [-0.3, -0.25) is 0 Å². The molecule has 104 valence electrons. The summed E-state index contributed by atoms with van der Waals surface area (Å²) in [6.45, 7) is 2.93. The minimum Gasteiger partial charge on any atom is -0.457 e. The normalized spacial score (nSPS) is 14.3. The molecule has 0 atom stereocenters. The van der Waals surface area contributed by atoms with E-state index in [1.54, 1.807) is 0 Å². The van der Waals surface area contributed by atoms with Crippen LogP contribution in [-0.2, 0) is 6.54 Å². The maximum absolute atomic E-state index is 6.10. The average molecular weight is 332 g/mol. The number of benzene rings is 2. The van der Waals surface area contributed by atoms with Crippen molar-refractivity contribution in [2.75, 3.05) is 0 Å². The summed E-state index contributed by atoms with van der Waals surface area (Å²) >= 11 is 3.49. The predicted molar refractivity (Wildman–Crippen MR) is 85.3 cm³/mol. The quantitative estimate of drug-likeness (QED) is 0.849. The molecule has 0 bridgehead atoms. The van der Waals surface area contributed by atoms with E-state index in [2.05, 4.69) is 46.4 Å². The minimum absolute atomic E-state index is 0.704. The third-order valence-electron chi connectivity index (χ3n) is 3.50. The third kappa shape index (κ3) is 3.41. The molecular weight excluding hydrogens is 314 g/mol. The van der Waals surface area contributed by atoms with Gasteiger partial charge in [0, 0.05) is 22.6 Å². The Morgan fingerprint density at radius 2 is 1.95 bits per heavy atom. The monoisotopic (exact) mass is 331 g/mol. The van der Waals surface area contributed by atoms with Crippen molar-refractivity contribution in [1.29, 1.82) is 0 Å². The summed E-state index contributed by atoms with van der Waals surface area (Å²) < 4.78 is 7.14. The predicted octanol–water partition coefficient (Wildman–Crippen LogP) is 4.80. The number of rotatable bonds is 5. The molecule has 0 radical (unpaired) electrons. The molecule has 3 rings (SSSR count). The van der Waals surface area contributed by atoms with Crippen molar-refractivity contribution in [2.45, 2.75) is 32.4 Å². The van der Waals surface area contributed by atoms with Crippen LogP contribution >= 0.6 is 15.9 Å². The highest BCUT2D eigenvalue weighted by molar-refractivity contribution is 9.10. The Bertz CT molecular complexity index is 608. The molecule has 1 aliphatic rings. The Kier molecular flexibility index (Phi) is 4.08. The fourth-order valence-corrected chi connectivity index (χ4v) is 2.43. The zero-order valence-corrected chi connectivity index (χ0v) is 13.1. The highest BCUT2D eigenvalue weighted by Crippen LogP contribution is 2.30. The highest BCUT2D eigenvalue weighted by Gasteiger charge is 2.20. The average Bonchev–Trinajstić information content (AvgIpc) is 3.26. The van der Waals surface area contributed by atoms with Gasteiger partial charge in [0.15, 0.2) is 0 Å². The standard InChI is InChI=1S/C17H18BrNO/c1-12-6-7-14(18)10-17(12)20-16-5-3-2-4-13(16)11-19-15-8-9-15/h2-7,10,15,19H,8-9,11H2,1H3. The van der Waals surface area contributed by atoms with Crippen molar-refractivity contribution in [1.82, 2.24) is 5.32 Å². The third-order valence-corrected chi connectivity index (χ3v) is 3.99. The van der Waals surface area contributed by atoms with E-state index in [1.807, 2.05) is 24.3 Å². The molecule has 1 N–H and O–H groups in total. The van der Waals surface area contributed by atoms with E-state index in [4.69, 9.17) is 4.74 Å². The van der Waals surface area contributed by atoms with Crippen molar-refractivity contribution in [2.24, 2.45) is 0 Å². The SMILES string of the molecule is Cc1ccc(Br)cc1Oc1ccccc1CNC1CC1. The first-order valence-electron chi connectivity index (χ1n) is 6.97. The van der Waals surface area contributed by atoms with E-state index in [1.165, 1.54) is 18.4 Å². The molecular formula is C17H18BrNO. The maximum atomic E-state index is 6.10. The summed E-state index contributed by atoms with van der Waals surface area (Å²) in [5, 5.41) is 3.54. The minimum atomic E-state index is 0.704. The summed E-state index contributed by atoms with van der Waals surface area (Å²) in [5.74, 6) is 1.83. The van der Waals surface area contributed by atoms with Crippen LogP contribution in [0.25, 0.3) is 0 Å². The molecule has 0 aromatic heterocycles. The van der Waals surface area contributed by atoms with Gasteiger partial charge in [0.25, 0.3) is 0 Å². The Morgan fingerprint density at radius 3 is 2.75 bits per heavy atom. The summed E-state index contributed by atoms with van der Waals surface area (Å²) in [7, 11) is 0. The van der Waals surface area contributed by atoms with E-state index in [0.29, 0.717) is 6.04 Å². The fraction of sp³-hybridized carbons (Fsp3) is 0.294. The number of ether oxygens (including phenoxy) is 1. The summed E-state index contributed by atoms with van der Waals surface area (Å²) in [5.41, 5.74) is 2.34. The van der Waals surface area contributed by atoms with Crippen LogP contribution in [0.15, 0.2) is 46.9 Å². The largest absolute Gasteiger partial charge is 0.457 e. The lowest BCUT2D eigenvalue weighted by Crippen LogP contribution is -2.15. The molecule has 2 aromatic rings. The van der Waals surface area contributed by atoms with Crippen molar-refractivity contribution in [3.63, 3.8) is 0 Å². The van der Waals surface area contributed by atoms with Crippen LogP contribution < -0.4 is 10.1 Å². The molecule has 3 heteroatoms. The topological polar surface area (TPSA) is 21.3 Å². The molecule has 0 spiro atoms. The molecule has 0 unspecified atom stereocenters. The van der Waals surface area contributed by atoms with Crippen LogP contribution in [0.1, 0.15) is 24.0 Å². The van der Waals surface area contributed by atoms with Crippen molar-refractivity contribution in [3.8, 4) is 11.5 Å². The molecule has 0 heterocycles. The Balaban J connectivity index is 1.80. The second-order valence-corrected chi connectivity index (χ2v) is 6.19. The Hall–Kier alpha value is -1.32. The van der Waals surface area contributed by atoms with Crippen molar-refractivity contribution < 1.29 is 4.74 Å². The lowest BCUT2D eigenvalue weighted by Gasteiger charge is -2.13. The van der Waals surface area contributed by atoms with E-state index in [-0.39, 0.29) is 0 Å². The summed E-state index contributed by atoms with van der Waals surface area (Å²) in [6, 6.07) is 15.0. The molecule has 2 aromatic carbocycles. The number of para-hydroxylation sites is 1. The van der Waals surface area contributed by atoms with Gasteiger partial charge in [0.05, 0.1) is 0 Å². The van der Waals surface area contributed by atoms with E-state index in [9.17, 15) is 0 Å². The number of nitrogens with one attached hydrogen (secondary N) is 1. The fourth-order valence-electron chi connectivity index (χ4n) is 2.09. The van der Waals surface area contributed by atoms with E-state index in [0.717, 1.165) is 28.1 Å². The molecule has 20 heavy (non-hydrogen) atoms. The van der Waals surface area contributed by atoms with Gasteiger partial charge in [-0.15, -0.1) is 0 Å². The zero-order valence-electron chi connectivity index (χ0n) is 11.5. The second kappa shape index (κ2) is 5.98. The molecule has 0 aliphatic heterocycles. The van der Waals surface area contributed by atoms with Crippen molar-refractivity contribution >= 4 is 15.9 Å². The van der Waals surface area contributed by atoms with Gasteiger partial charge < -0.3 is 10.1 Å². The van der Waals surface area contributed by atoms with Crippen LogP contribution in [0, 0.1) is 6.92 Å². The first-order chi connectivity index (χ1) is 9.72. The molecule has 1 fully saturated rings. The Labute approximate surface area is 128 Å². The highest BCUT2D eigenvalue weighted by atomic mass is 79.9. The first-order valence-corrected chi connectivity index (χ1v) is 7.77. The van der Waals surface area contributed by atoms with Gasteiger partial charge >= 0.3 is 0 Å². The van der Waals surface area contributed by atoms with Crippen LogP contribution in [0.5, 0.6) is 11.5 Å². The van der Waals surface area contributed by atoms with Gasteiger partial charge in [-0.1, -0.05) is 40.2 Å². The van der Waals surface area contributed by atoms with E-state index >= 15 is 0 Å². The maximum Gasteiger partial charge on any atom is 0.131 e. The molecule has 0 saturated heterocycles. The van der Waals surface area contributed by atoms with Crippen molar-refractivity contribution in [3.05, 3.63) is 58.1 Å². The summed E-state index contributed by atoms with van der Waals surface area (Å²) in [4.78, 5) is 0. The Morgan fingerprint density at radius 1 is 1.15 bits per heavy atom. The van der Waals surface area contributed by atoms with Crippen LogP contribution in [0.4, 0.5) is 0 Å². The van der Waals surface area contributed by atoms with Crippen LogP contribution in [-0.4, -0.2) is 6.04 Å². The second-order valence-electron chi connectivity index (χ2n) is 5.27. The van der Waals surface area contributed by atoms with Crippen LogP contribution in [0.2, 0.25) is 0 Å². The van der Waals surface area contributed by atoms with Gasteiger partial charge in [-0.05, 0) is 43.5 Å². The van der Waals surface area contributed by atoms with Crippen LogP contribution in [0.3, 0.4) is 0 Å². The van der Waals surface area contributed by atoms with Gasteiger partial charge in [-0.2, -0.15) is 0 Å². The number of hydrogen-bond donors (Lipinski definition) is 1. The van der Waals surface area contributed by atoms with Gasteiger partial charge in [0.1, 0.15) is 11.5 Å². The lowest BCUT2D eigenvalue weighted by molar-refractivity contribution is 0.468. The summed E-state index contributed by atoms with van der Waals surface area (Å²) in [6.07, 6.45) is 2.60. The number of aryl methyl sites for hydroxylation is 1. The zero-order chi connectivity index (χ0) is 13.9. The number of hydrogen-bond acceptors (Lipinski definition) is 2. The van der Waals surface area contributed by atoms with Gasteiger partial charge in [-0.25, -0.2) is 0 Å².